The van der Waals surface area contributed by atoms with Gasteiger partial charge in [0.2, 0.25) is 0 Å². The monoisotopic (exact) mass is 410 g/mol. The molecule has 0 N–H and O–H groups in total. The SMILES string of the molecule is Cc1cc(C)c(CSc2ccc3c(=O)c4ccccc4sc3c2Cl)c(C)c1. The summed E-state index contributed by atoms with van der Waals surface area (Å²) in [4.78, 5) is 13.8. The minimum Gasteiger partial charge on any atom is -0.289 e. The first-order valence-corrected chi connectivity index (χ1v) is 11.0. The van der Waals surface area contributed by atoms with E-state index in [1.54, 1.807) is 23.1 Å². The Hall–Kier alpha value is -1.81. The molecule has 1 aromatic heterocycles. The zero-order chi connectivity index (χ0) is 19.1. The molecule has 3 aromatic carbocycles. The standard InChI is InChI=1S/C23H19ClOS2/c1-13-10-14(2)18(15(3)11-13)12-26-20-9-8-17-22(25)16-6-4-5-7-19(16)27-23(17)21(20)24/h4-11H,12H2,1-3H3. The molecule has 0 saturated carbocycles. The summed E-state index contributed by atoms with van der Waals surface area (Å²) >= 11 is 10.1. The molecule has 0 saturated heterocycles. The summed E-state index contributed by atoms with van der Waals surface area (Å²) in [6, 6.07) is 16.1. The number of thioether (sulfide) groups is 1. The fraction of sp³-hybridized carbons (Fsp3) is 0.174. The zero-order valence-corrected chi connectivity index (χ0v) is 17.8. The molecule has 0 fully saturated rings. The van der Waals surface area contributed by atoms with Gasteiger partial charge in [0.25, 0.3) is 0 Å². The summed E-state index contributed by atoms with van der Waals surface area (Å²) in [5.74, 6) is 0.867. The Balaban J connectivity index is 1.76. The van der Waals surface area contributed by atoms with Gasteiger partial charge in [-0.2, -0.15) is 0 Å². The highest BCUT2D eigenvalue weighted by atomic mass is 35.5. The van der Waals surface area contributed by atoms with Crippen LogP contribution in [0.5, 0.6) is 0 Å². The Kier molecular flexibility index (Phi) is 5.02. The van der Waals surface area contributed by atoms with Crippen LogP contribution >= 0.6 is 34.7 Å². The van der Waals surface area contributed by atoms with Crippen molar-refractivity contribution in [3.8, 4) is 0 Å². The molecule has 0 aliphatic carbocycles. The predicted octanol–water partition coefficient (Wildman–Crippen LogP) is 7.29. The van der Waals surface area contributed by atoms with Gasteiger partial charge in [-0.25, -0.2) is 0 Å². The number of halogens is 1. The molecule has 4 aromatic rings. The van der Waals surface area contributed by atoms with Crippen molar-refractivity contribution in [2.45, 2.75) is 31.4 Å². The largest absolute Gasteiger partial charge is 0.289 e. The van der Waals surface area contributed by atoms with E-state index in [4.69, 9.17) is 11.6 Å². The van der Waals surface area contributed by atoms with Crippen LogP contribution < -0.4 is 5.43 Å². The predicted molar refractivity (Wildman–Crippen MR) is 121 cm³/mol. The molecule has 0 bridgehead atoms. The Labute approximate surface area is 172 Å². The summed E-state index contributed by atoms with van der Waals surface area (Å²) in [5.41, 5.74) is 5.33. The number of aryl methyl sites for hydroxylation is 3. The van der Waals surface area contributed by atoms with E-state index in [1.807, 2.05) is 36.4 Å². The average Bonchev–Trinajstić information content (AvgIpc) is 2.63. The zero-order valence-electron chi connectivity index (χ0n) is 15.4. The van der Waals surface area contributed by atoms with Gasteiger partial charge in [-0.15, -0.1) is 23.1 Å². The fourth-order valence-electron chi connectivity index (χ4n) is 3.51. The number of hydrogen-bond acceptors (Lipinski definition) is 3. The minimum absolute atomic E-state index is 0.0584. The van der Waals surface area contributed by atoms with Crippen LogP contribution in [0.2, 0.25) is 5.02 Å². The summed E-state index contributed by atoms with van der Waals surface area (Å²) < 4.78 is 1.85. The molecule has 4 rings (SSSR count). The van der Waals surface area contributed by atoms with Crippen LogP contribution in [0.15, 0.2) is 58.2 Å². The van der Waals surface area contributed by atoms with Crippen molar-refractivity contribution >= 4 is 54.9 Å². The van der Waals surface area contributed by atoms with Gasteiger partial charge in [0.1, 0.15) is 0 Å². The summed E-state index contributed by atoms with van der Waals surface area (Å²) in [6.07, 6.45) is 0. The van der Waals surface area contributed by atoms with Crippen LogP contribution in [0.3, 0.4) is 0 Å². The maximum Gasteiger partial charge on any atom is 0.195 e. The molecule has 0 amide bonds. The Bertz CT molecular complexity index is 1220. The topological polar surface area (TPSA) is 17.1 Å². The summed E-state index contributed by atoms with van der Waals surface area (Å²) in [7, 11) is 0. The highest BCUT2D eigenvalue weighted by molar-refractivity contribution is 7.98. The number of hydrogen-bond donors (Lipinski definition) is 0. The number of benzene rings is 3. The van der Waals surface area contributed by atoms with Crippen molar-refractivity contribution < 1.29 is 0 Å². The van der Waals surface area contributed by atoms with E-state index in [0.717, 1.165) is 25.4 Å². The molecule has 0 aliphatic heterocycles. The lowest BCUT2D eigenvalue weighted by atomic mass is 10.0. The van der Waals surface area contributed by atoms with Crippen LogP contribution in [-0.4, -0.2) is 0 Å². The molecule has 27 heavy (non-hydrogen) atoms. The summed E-state index contributed by atoms with van der Waals surface area (Å²) in [6.45, 7) is 6.45. The Morgan fingerprint density at radius 1 is 0.963 bits per heavy atom. The van der Waals surface area contributed by atoms with Gasteiger partial charge in [-0.3, -0.25) is 4.79 Å². The minimum atomic E-state index is 0.0584. The molecular weight excluding hydrogens is 392 g/mol. The molecule has 0 atom stereocenters. The van der Waals surface area contributed by atoms with Crippen LogP contribution in [0, 0.1) is 20.8 Å². The molecule has 0 spiro atoms. The molecule has 0 unspecified atom stereocenters. The van der Waals surface area contributed by atoms with E-state index >= 15 is 0 Å². The molecule has 1 nitrogen and oxygen atoms in total. The second-order valence-corrected chi connectivity index (χ2v) is 9.29. The lowest BCUT2D eigenvalue weighted by Crippen LogP contribution is -2.01. The number of fused-ring (bicyclic) bond motifs is 2. The quantitative estimate of drug-likeness (QED) is 0.260. The van der Waals surface area contributed by atoms with Gasteiger partial charge in [-0.1, -0.05) is 41.4 Å². The van der Waals surface area contributed by atoms with Crippen molar-refractivity contribution in [3.63, 3.8) is 0 Å². The van der Waals surface area contributed by atoms with Gasteiger partial charge in [-0.05, 0) is 61.7 Å². The molecular formula is C23H19ClOS2. The molecule has 0 radical (unpaired) electrons. The van der Waals surface area contributed by atoms with Crippen molar-refractivity contribution in [3.05, 3.63) is 86.0 Å². The average molecular weight is 411 g/mol. The first kappa shape index (κ1) is 18.5. The first-order chi connectivity index (χ1) is 13.0. The lowest BCUT2D eigenvalue weighted by molar-refractivity contribution is 1.21. The van der Waals surface area contributed by atoms with E-state index in [2.05, 4.69) is 32.9 Å². The highest BCUT2D eigenvalue weighted by Crippen LogP contribution is 2.38. The maximum absolute atomic E-state index is 12.8. The van der Waals surface area contributed by atoms with Crippen LogP contribution in [-0.2, 0) is 5.75 Å². The lowest BCUT2D eigenvalue weighted by Gasteiger charge is -2.12. The van der Waals surface area contributed by atoms with Gasteiger partial charge < -0.3 is 0 Å². The van der Waals surface area contributed by atoms with Crippen molar-refractivity contribution in [2.24, 2.45) is 0 Å². The van der Waals surface area contributed by atoms with E-state index in [1.165, 1.54) is 22.3 Å². The normalized spacial score (nSPS) is 11.4. The van der Waals surface area contributed by atoms with Crippen molar-refractivity contribution in [1.29, 1.82) is 0 Å². The van der Waals surface area contributed by atoms with Gasteiger partial charge in [0.15, 0.2) is 5.43 Å². The first-order valence-electron chi connectivity index (χ1n) is 8.79. The number of rotatable bonds is 3. The van der Waals surface area contributed by atoms with Crippen molar-refractivity contribution in [2.75, 3.05) is 0 Å². The smallest absolute Gasteiger partial charge is 0.195 e. The molecule has 0 aliphatic rings. The Morgan fingerprint density at radius 3 is 2.41 bits per heavy atom. The molecule has 136 valence electrons. The van der Waals surface area contributed by atoms with E-state index in [-0.39, 0.29) is 5.43 Å². The summed E-state index contributed by atoms with van der Waals surface area (Å²) in [5, 5.41) is 2.15. The Morgan fingerprint density at radius 2 is 1.67 bits per heavy atom. The van der Waals surface area contributed by atoms with E-state index in [0.29, 0.717) is 10.4 Å². The van der Waals surface area contributed by atoms with E-state index < -0.39 is 0 Å². The van der Waals surface area contributed by atoms with Crippen LogP contribution in [0.4, 0.5) is 0 Å². The third-order valence-electron chi connectivity index (χ3n) is 4.86. The van der Waals surface area contributed by atoms with Crippen molar-refractivity contribution in [1.82, 2.24) is 0 Å². The van der Waals surface area contributed by atoms with Crippen LogP contribution in [0.25, 0.3) is 20.2 Å². The van der Waals surface area contributed by atoms with Gasteiger partial charge >= 0.3 is 0 Å². The van der Waals surface area contributed by atoms with Crippen LogP contribution in [0.1, 0.15) is 22.3 Å². The van der Waals surface area contributed by atoms with E-state index in [9.17, 15) is 4.79 Å². The highest BCUT2D eigenvalue weighted by Gasteiger charge is 2.13. The third-order valence-corrected chi connectivity index (χ3v) is 7.77. The second kappa shape index (κ2) is 7.31. The van der Waals surface area contributed by atoms with Gasteiger partial charge in [0, 0.05) is 26.1 Å². The second-order valence-electron chi connectivity index (χ2n) is 6.85. The molecule has 4 heteroatoms. The molecule has 1 heterocycles. The maximum atomic E-state index is 12.8. The fourth-order valence-corrected chi connectivity index (χ4v) is 6.28. The van der Waals surface area contributed by atoms with Gasteiger partial charge in [0.05, 0.1) is 9.72 Å². The third kappa shape index (κ3) is 3.40.